The molecule has 3 atom stereocenters. The summed E-state index contributed by atoms with van der Waals surface area (Å²) in [5.74, 6) is 1.10. The quantitative estimate of drug-likeness (QED) is 0.612. The molecule has 0 radical (unpaired) electrons. The summed E-state index contributed by atoms with van der Waals surface area (Å²) in [5.41, 5.74) is 0. The minimum Gasteiger partial charge on any atom is -0.301 e. The molecule has 0 bridgehead atoms. The van der Waals surface area contributed by atoms with Crippen molar-refractivity contribution < 1.29 is 4.57 Å². The number of rotatable bonds is 1. The second-order valence-electron chi connectivity index (χ2n) is 3.67. The van der Waals surface area contributed by atoms with Gasteiger partial charge in [-0.05, 0) is 25.2 Å². The van der Waals surface area contributed by atoms with Crippen LogP contribution in [0.1, 0.15) is 32.1 Å². The summed E-state index contributed by atoms with van der Waals surface area (Å²) in [6.45, 7) is 0. The molecule has 1 heterocycles. The van der Waals surface area contributed by atoms with E-state index in [1.165, 1.54) is 25.7 Å². The topological polar surface area (TPSA) is 29.1 Å². The number of nitrogens with one attached hydrogen (secondary N) is 1. The van der Waals surface area contributed by atoms with Gasteiger partial charge in [-0.3, -0.25) is 4.57 Å². The summed E-state index contributed by atoms with van der Waals surface area (Å²) in [4.78, 5) is 0. The van der Waals surface area contributed by atoms with E-state index in [4.69, 9.17) is 0 Å². The highest BCUT2D eigenvalue weighted by molar-refractivity contribution is 7.24. The molecule has 0 amide bonds. The molecule has 2 fully saturated rings. The molecule has 3 heteroatoms. The van der Waals surface area contributed by atoms with Gasteiger partial charge in [-0.2, -0.15) is 0 Å². The summed E-state index contributed by atoms with van der Waals surface area (Å²) < 4.78 is 10.6. The number of hydrogen-bond donors (Lipinski definition) is 1. The molecule has 2 nitrogen and oxygen atoms in total. The second-order valence-corrected chi connectivity index (χ2v) is 4.51. The Labute approximate surface area is 69.0 Å². The van der Waals surface area contributed by atoms with E-state index in [1.807, 2.05) is 0 Å². The van der Waals surface area contributed by atoms with Crippen LogP contribution in [0.3, 0.4) is 0 Å². The lowest BCUT2D eigenvalue weighted by Crippen LogP contribution is -2.31. The summed E-state index contributed by atoms with van der Waals surface area (Å²) >= 11 is 0. The van der Waals surface area contributed by atoms with Crippen LogP contribution in [0.4, 0.5) is 0 Å². The van der Waals surface area contributed by atoms with Gasteiger partial charge in [-0.15, -0.1) is 0 Å². The van der Waals surface area contributed by atoms with Crippen molar-refractivity contribution in [2.75, 3.05) is 0 Å². The van der Waals surface area contributed by atoms with Gasteiger partial charge < -0.3 is 5.32 Å². The van der Waals surface area contributed by atoms with E-state index < -0.39 is 0 Å². The molecule has 2 aliphatic rings. The van der Waals surface area contributed by atoms with Gasteiger partial charge in [-0.1, -0.05) is 12.8 Å². The molecule has 2 rings (SSSR count). The fraction of sp³-hybridized carbons (Fsp3) is 1.00. The van der Waals surface area contributed by atoms with E-state index in [2.05, 4.69) is 5.32 Å². The molecule has 1 aliphatic heterocycles. The van der Waals surface area contributed by atoms with E-state index in [9.17, 15) is 4.57 Å². The van der Waals surface area contributed by atoms with E-state index in [0.717, 1.165) is 12.3 Å². The van der Waals surface area contributed by atoms with E-state index >= 15 is 0 Å². The second kappa shape index (κ2) is 3.20. The van der Waals surface area contributed by atoms with Crippen LogP contribution >= 0.6 is 8.46 Å². The summed E-state index contributed by atoms with van der Waals surface area (Å²) in [6.07, 6.45) is 6.53. The third kappa shape index (κ3) is 1.47. The predicted octanol–water partition coefficient (Wildman–Crippen LogP) is 2.16. The molecule has 0 spiro atoms. The summed E-state index contributed by atoms with van der Waals surface area (Å²) in [6, 6.07) is 0.690. The highest BCUT2D eigenvalue weighted by Gasteiger charge is 2.34. The highest BCUT2D eigenvalue weighted by Crippen LogP contribution is 2.35. The molecule has 0 aromatic carbocycles. The molecule has 62 valence electrons. The smallest absolute Gasteiger partial charge is 0.174 e. The molecule has 1 N–H and O–H groups in total. The average Bonchev–Trinajstić information content (AvgIpc) is 2.46. The third-order valence-corrected chi connectivity index (χ3v) is 3.58. The Hall–Kier alpha value is 0.0600. The number of hydrogen-bond acceptors (Lipinski definition) is 2. The Balaban J connectivity index is 1.97. The van der Waals surface area contributed by atoms with Crippen molar-refractivity contribution in [2.24, 2.45) is 5.92 Å². The molecule has 1 saturated heterocycles. The first-order valence-electron chi connectivity index (χ1n) is 4.48. The van der Waals surface area contributed by atoms with Crippen LogP contribution in [0.15, 0.2) is 0 Å². The largest absolute Gasteiger partial charge is 0.301 e. The van der Waals surface area contributed by atoms with Crippen molar-refractivity contribution in [3.05, 3.63) is 0 Å². The first-order valence-corrected chi connectivity index (χ1v) is 5.37. The fourth-order valence-corrected chi connectivity index (χ4v) is 2.99. The van der Waals surface area contributed by atoms with E-state index in [1.54, 1.807) is 0 Å². The number of fused-ring (bicyclic) bond motifs is 1. The predicted molar refractivity (Wildman–Crippen MR) is 44.9 cm³/mol. The van der Waals surface area contributed by atoms with Crippen molar-refractivity contribution in [2.45, 2.75) is 43.9 Å². The van der Waals surface area contributed by atoms with Gasteiger partial charge in [0.15, 0.2) is 8.46 Å². The molecule has 0 aromatic heterocycles. The Bertz CT molecular complexity index is 148. The third-order valence-electron chi connectivity index (χ3n) is 2.97. The standard InChI is InChI=1S/C8H14NOP/c10-11-8-5-6-3-1-2-4-7(6)9-8/h6-9H,1-5H2. The van der Waals surface area contributed by atoms with Crippen LogP contribution in [0, 0.1) is 5.92 Å². The maximum Gasteiger partial charge on any atom is 0.174 e. The lowest BCUT2D eigenvalue weighted by molar-refractivity contribution is 0.326. The Morgan fingerprint density at radius 2 is 2.09 bits per heavy atom. The van der Waals surface area contributed by atoms with Gasteiger partial charge in [0, 0.05) is 6.04 Å². The van der Waals surface area contributed by atoms with Gasteiger partial charge >= 0.3 is 0 Å². The van der Waals surface area contributed by atoms with Crippen LogP contribution in [-0.4, -0.2) is 11.8 Å². The average molecular weight is 171 g/mol. The molecule has 1 aliphatic carbocycles. The van der Waals surface area contributed by atoms with Crippen LogP contribution in [-0.2, 0) is 4.57 Å². The molecule has 3 unspecified atom stereocenters. The van der Waals surface area contributed by atoms with Crippen LogP contribution < -0.4 is 5.32 Å². The lowest BCUT2D eigenvalue weighted by atomic mass is 9.86. The van der Waals surface area contributed by atoms with Crippen molar-refractivity contribution in [3.63, 3.8) is 0 Å². The van der Waals surface area contributed by atoms with E-state index in [-0.39, 0.29) is 5.78 Å². The van der Waals surface area contributed by atoms with Gasteiger partial charge in [-0.25, -0.2) is 0 Å². The maximum absolute atomic E-state index is 10.6. The van der Waals surface area contributed by atoms with Crippen molar-refractivity contribution in [1.82, 2.24) is 5.32 Å². The van der Waals surface area contributed by atoms with Crippen molar-refractivity contribution >= 4 is 8.46 Å². The summed E-state index contributed by atoms with van der Waals surface area (Å²) in [7, 11) is 0.297. The zero-order valence-corrected chi connectivity index (χ0v) is 7.52. The Kier molecular flexibility index (Phi) is 2.24. The normalized spacial score (nSPS) is 44.2. The maximum atomic E-state index is 10.6. The SMILES string of the molecule is O=PC1CC2CCCCC2N1. The Morgan fingerprint density at radius 3 is 2.82 bits per heavy atom. The molecule has 11 heavy (non-hydrogen) atoms. The van der Waals surface area contributed by atoms with Gasteiger partial charge in [0.25, 0.3) is 0 Å². The van der Waals surface area contributed by atoms with E-state index in [0.29, 0.717) is 14.5 Å². The minimum absolute atomic E-state index is 0.267. The first-order chi connectivity index (χ1) is 5.40. The highest BCUT2D eigenvalue weighted by atomic mass is 31.1. The van der Waals surface area contributed by atoms with Crippen LogP contribution in [0.2, 0.25) is 0 Å². The zero-order chi connectivity index (χ0) is 7.68. The minimum atomic E-state index is 0.267. The monoisotopic (exact) mass is 171 g/mol. The summed E-state index contributed by atoms with van der Waals surface area (Å²) in [5, 5.41) is 3.42. The van der Waals surface area contributed by atoms with Crippen LogP contribution in [0.25, 0.3) is 0 Å². The first kappa shape index (κ1) is 7.70. The Morgan fingerprint density at radius 1 is 1.27 bits per heavy atom. The van der Waals surface area contributed by atoms with Gasteiger partial charge in [0.1, 0.15) is 0 Å². The lowest BCUT2D eigenvalue weighted by Gasteiger charge is -2.24. The van der Waals surface area contributed by atoms with Crippen LogP contribution in [0.5, 0.6) is 0 Å². The van der Waals surface area contributed by atoms with Crippen molar-refractivity contribution in [1.29, 1.82) is 0 Å². The zero-order valence-electron chi connectivity index (χ0n) is 6.62. The van der Waals surface area contributed by atoms with Crippen molar-refractivity contribution in [3.8, 4) is 0 Å². The van der Waals surface area contributed by atoms with Gasteiger partial charge in [0.2, 0.25) is 0 Å². The molecular weight excluding hydrogens is 157 g/mol. The van der Waals surface area contributed by atoms with Gasteiger partial charge in [0.05, 0.1) is 5.78 Å². The molecule has 1 saturated carbocycles. The molecule has 0 aromatic rings. The molecular formula is C8H14NOP. The fourth-order valence-electron chi connectivity index (χ4n) is 2.38.